The SMILES string of the molecule is O[C@H](COC1CCOCC1)Cn1c(-c2ccccn2)nc2ccc(Cl)cc21. The molecule has 142 valence electrons. The molecule has 1 fully saturated rings. The van der Waals surface area contributed by atoms with Crippen LogP contribution in [0.1, 0.15) is 12.8 Å². The van der Waals surface area contributed by atoms with E-state index in [1.807, 2.05) is 41.0 Å². The van der Waals surface area contributed by atoms with E-state index in [0.717, 1.165) is 42.8 Å². The summed E-state index contributed by atoms with van der Waals surface area (Å²) < 4.78 is 13.2. The topological polar surface area (TPSA) is 69.4 Å². The van der Waals surface area contributed by atoms with Crippen LogP contribution in [0.15, 0.2) is 42.6 Å². The molecule has 1 N–H and O–H groups in total. The molecule has 1 aliphatic rings. The van der Waals surface area contributed by atoms with Crippen LogP contribution in [0.3, 0.4) is 0 Å². The van der Waals surface area contributed by atoms with Crippen molar-refractivity contribution in [3.05, 3.63) is 47.6 Å². The van der Waals surface area contributed by atoms with Gasteiger partial charge in [0.05, 0.1) is 36.4 Å². The lowest BCUT2D eigenvalue weighted by molar-refractivity contribution is -0.0614. The van der Waals surface area contributed by atoms with Crippen LogP contribution in [0, 0.1) is 0 Å². The number of hydrogen-bond acceptors (Lipinski definition) is 5. The fourth-order valence-electron chi connectivity index (χ4n) is 3.32. The Hall–Kier alpha value is -1.99. The molecule has 1 atom stereocenters. The Labute approximate surface area is 162 Å². The van der Waals surface area contributed by atoms with Crippen molar-refractivity contribution in [1.82, 2.24) is 14.5 Å². The predicted octanol–water partition coefficient (Wildman–Crippen LogP) is 3.31. The number of ether oxygens (including phenoxy) is 2. The first-order valence-corrected chi connectivity index (χ1v) is 9.53. The third-order valence-corrected chi connectivity index (χ3v) is 4.93. The number of fused-ring (bicyclic) bond motifs is 1. The highest BCUT2D eigenvalue weighted by molar-refractivity contribution is 6.31. The molecule has 1 aromatic carbocycles. The van der Waals surface area contributed by atoms with Crippen LogP contribution >= 0.6 is 11.6 Å². The molecule has 0 bridgehead atoms. The highest BCUT2D eigenvalue weighted by Gasteiger charge is 2.19. The third-order valence-electron chi connectivity index (χ3n) is 4.69. The number of aliphatic hydroxyl groups is 1. The van der Waals surface area contributed by atoms with Gasteiger partial charge in [-0.15, -0.1) is 0 Å². The number of pyridine rings is 1. The van der Waals surface area contributed by atoms with Crippen molar-refractivity contribution < 1.29 is 14.6 Å². The lowest BCUT2D eigenvalue weighted by Crippen LogP contribution is -2.29. The molecule has 0 radical (unpaired) electrons. The Morgan fingerprint density at radius 2 is 2.11 bits per heavy atom. The van der Waals surface area contributed by atoms with Gasteiger partial charge in [0, 0.05) is 24.4 Å². The second kappa shape index (κ2) is 8.35. The van der Waals surface area contributed by atoms with Crippen molar-refractivity contribution in [2.45, 2.75) is 31.6 Å². The van der Waals surface area contributed by atoms with E-state index >= 15 is 0 Å². The molecule has 0 saturated carbocycles. The van der Waals surface area contributed by atoms with E-state index in [9.17, 15) is 5.11 Å². The molecule has 6 nitrogen and oxygen atoms in total. The highest BCUT2D eigenvalue weighted by Crippen LogP contribution is 2.26. The molecule has 1 saturated heterocycles. The fourth-order valence-corrected chi connectivity index (χ4v) is 3.49. The third kappa shape index (κ3) is 4.30. The van der Waals surface area contributed by atoms with Crippen LogP contribution in [0.4, 0.5) is 0 Å². The zero-order chi connectivity index (χ0) is 18.6. The predicted molar refractivity (Wildman–Crippen MR) is 104 cm³/mol. The number of hydrogen-bond donors (Lipinski definition) is 1. The molecule has 4 rings (SSSR count). The number of nitrogens with zero attached hydrogens (tertiary/aromatic N) is 3. The molecule has 0 amide bonds. The Morgan fingerprint density at radius 3 is 2.89 bits per heavy atom. The summed E-state index contributed by atoms with van der Waals surface area (Å²) in [7, 11) is 0. The van der Waals surface area contributed by atoms with Crippen LogP contribution in [0.5, 0.6) is 0 Å². The maximum absolute atomic E-state index is 10.6. The molecule has 0 spiro atoms. The zero-order valence-electron chi connectivity index (χ0n) is 14.9. The molecule has 1 aliphatic heterocycles. The number of rotatable bonds is 6. The zero-order valence-corrected chi connectivity index (χ0v) is 15.7. The average molecular weight is 388 g/mol. The molecule has 7 heteroatoms. The Kier molecular flexibility index (Phi) is 5.69. The van der Waals surface area contributed by atoms with Gasteiger partial charge in [0.2, 0.25) is 0 Å². The van der Waals surface area contributed by atoms with Crippen molar-refractivity contribution in [3.8, 4) is 11.5 Å². The Bertz CT molecular complexity index is 894. The fraction of sp³-hybridized carbons (Fsp3) is 0.400. The monoisotopic (exact) mass is 387 g/mol. The van der Waals surface area contributed by atoms with Gasteiger partial charge in [0.25, 0.3) is 0 Å². The van der Waals surface area contributed by atoms with Gasteiger partial charge in [-0.3, -0.25) is 4.98 Å². The first kappa shape index (κ1) is 18.4. The summed E-state index contributed by atoms with van der Waals surface area (Å²) in [6, 6.07) is 11.2. The van der Waals surface area contributed by atoms with Crippen molar-refractivity contribution in [2.75, 3.05) is 19.8 Å². The number of halogens is 1. The minimum atomic E-state index is -0.660. The maximum Gasteiger partial charge on any atom is 0.159 e. The van der Waals surface area contributed by atoms with Crippen LogP contribution in [-0.2, 0) is 16.0 Å². The quantitative estimate of drug-likeness (QED) is 0.702. The summed E-state index contributed by atoms with van der Waals surface area (Å²) >= 11 is 6.19. The summed E-state index contributed by atoms with van der Waals surface area (Å²) in [5.74, 6) is 0.706. The number of imidazole rings is 1. The Balaban J connectivity index is 1.58. The van der Waals surface area contributed by atoms with Gasteiger partial charge < -0.3 is 19.1 Å². The largest absolute Gasteiger partial charge is 0.389 e. The highest BCUT2D eigenvalue weighted by atomic mass is 35.5. The molecule has 3 heterocycles. The van der Waals surface area contributed by atoms with Gasteiger partial charge in [0.1, 0.15) is 5.69 Å². The van der Waals surface area contributed by atoms with Crippen molar-refractivity contribution >= 4 is 22.6 Å². The van der Waals surface area contributed by atoms with Crippen molar-refractivity contribution in [1.29, 1.82) is 0 Å². The van der Waals surface area contributed by atoms with Gasteiger partial charge >= 0.3 is 0 Å². The van der Waals surface area contributed by atoms with Crippen molar-refractivity contribution in [2.24, 2.45) is 0 Å². The van der Waals surface area contributed by atoms with Crippen molar-refractivity contribution in [3.63, 3.8) is 0 Å². The second-order valence-electron chi connectivity index (χ2n) is 6.69. The normalized spacial score (nSPS) is 16.7. The van der Waals surface area contributed by atoms with Gasteiger partial charge in [0.15, 0.2) is 5.82 Å². The van der Waals surface area contributed by atoms with Gasteiger partial charge in [-0.1, -0.05) is 17.7 Å². The Morgan fingerprint density at radius 1 is 1.26 bits per heavy atom. The lowest BCUT2D eigenvalue weighted by Gasteiger charge is -2.24. The standard InChI is InChI=1S/C20H22ClN3O3/c21-14-4-5-17-19(11-14)24(20(23-17)18-3-1-2-8-22-18)12-15(25)13-27-16-6-9-26-10-7-16/h1-5,8,11,15-16,25H,6-7,9-10,12-13H2/t15-/m0/s1. The second-order valence-corrected chi connectivity index (χ2v) is 7.13. The molecule has 0 aliphatic carbocycles. The van der Waals surface area contributed by atoms with E-state index in [4.69, 9.17) is 26.1 Å². The summed E-state index contributed by atoms with van der Waals surface area (Å²) in [5, 5.41) is 11.2. The van der Waals surface area contributed by atoms with Gasteiger partial charge in [-0.05, 0) is 43.2 Å². The average Bonchev–Trinajstić information content (AvgIpc) is 3.05. The van der Waals surface area contributed by atoms with Gasteiger partial charge in [-0.2, -0.15) is 0 Å². The summed E-state index contributed by atoms with van der Waals surface area (Å²) in [4.78, 5) is 9.11. The molecule has 0 unspecified atom stereocenters. The molecular weight excluding hydrogens is 366 g/mol. The van der Waals surface area contributed by atoms with Gasteiger partial charge in [-0.25, -0.2) is 4.98 Å². The lowest BCUT2D eigenvalue weighted by atomic mass is 10.1. The van der Waals surface area contributed by atoms with E-state index in [1.54, 1.807) is 6.20 Å². The summed E-state index contributed by atoms with van der Waals surface area (Å²) in [5.41, 5.74) is 2.44. The van der Waals surface area contributed by atoms with E-state index in [2.05, 4.69) is 4.98 Å². The number of benzene rings is 1. The molecule has 2 aromatic heterocycles. The summed E-state index contributed by atoms with van der Waals surface area (Å²) in [6.07, 6.45) is 2.96. The van der Waals surface area contributed by atoms with E-state index in [0.29, 0.717) is 17.4 Å². The number of aromatic nitrogens is 3. The van der Waals surface area contributed by atoms with E-state index < -0.39 is 6.10 Å². The van der Waals surface area contributed by atoms with Crippen LogP contribution in [0.25, 0.3) is 22.6 Å². The van der Waals surface area contributed by atoms with Crippen LogP contribution < -0.4 is 0 Å². The minimum Gasteiger partial charge on any atom is -0.389 e. The molecular formula is C20H22ClN3O3. The van der Waals surface area contributed by atoms with Crippen LogP contribution in [-0.4, -0.2) is 51.7 Å². The van der Waals surface area contributed by atoms with E-state index in [1.165, 1.54) is 0 Å². The minimum absolute atomic E-state index is 0.151. The number of aliphatic hydroxyl groups excluding tert-OH is 1. The van der Waals surface area contributed by atoms with Crippen LogP contribution in [0.2, 0.25) is 5.02 Å². The molecule has 27 heavy (non-hydrogen) atoms. The maximum atomic E-state index is 10.6. The molecule has 3 aromatic rings. The summed E-state index contributed by atoms with van der Waals surface area (Å²) in [6.45, 7) is 2.06. The first-order valence-electron chi connectivity index (χ1n) is 9.15. The first-order chi connectivity index (χ1) is 13.2. The van der Waals surface area contributed by atoms with E-state index in [-0.39, 0.29) is 12.7 Å². The smallest absolute Gasteiger partial charge is 0.159 e.